The molecule has 1 rings (SSSR count). The van der Waals surface area contributed by atoms with Crippen LogP contribution in [0.3, 0.4) is 0 Å². The predicted molar refractivity (Wildman–Crippen MR) is 154 cm³/mol. The van der Waals surface area contributed by atoms with Crippen molar-refractivity contribution in [2.24, 2.45) is 11.7 Å². The molecule has 0 heterocycles. The summed E-state index contributed by atoms with van der Waals surface area (Å²) < 4.78 is 5.98. The first-order chi connectivity index (χ1) is 19.9. The number of carbonyl (C=O) groups excluding carboxylic acids is 6. The molecule has 0 saturated heterocycles. The number of hydrogen-bond donors (Lipinski definition) is 6. The SMILES string of the molecule is C[I-]CCC(=O)N[C@H](C(=O)N[C@@H](CCCNC(N)=O)C(=O)Nc1ccc(COC(=O)NCCCC(C)=O)cc1)C(C)C. The van der Waals surface area contributed by atoms with E-state index in [2.05, 4.69) is 31.5 Å². The van der Waals surface area contributed by atoms with Crippen molar-refractivity contribution in [1.82, 2.24) is 21.3 Å². The van der Waals surface area contributed by atoms with Gasteiger partial charge < -0.3 is 20.6 Å². The van der Waals surface area contributed by atoms with E-state index in [1.807, 2.05) is 13.8 Å². The van der Waals surface area contributed by atoms with Crippen LogP contribution < -0.4 is 53.5 Å². The van der Waals surface area contributed by atoms with Crippen LogP contribution in [0, 0.1) is 5.92 Å². The summed E-state index contributed by atoms with van der Waals surface area (Å²) in [7, 11) is 0. The van der Waals surface area contributed by atoms with E-state index in [9.17, 15) is 28.8 Å². The van der Waals surface area contributed by atoms with Gasteiger partial charge in [0.2, 0.25) is 0 Å². The molecular weight excluding hydrogens is 659 g/mol. The Balaban J connectivity index is 2.79. The van der Waals surface area contributed by atoms with Crippen LogP contribution in [0.4, 0.5) is 15.3 Å². The molecule has 0 aliphatic carbocycles. The summed E-state index contributed by atoms with van der Waals surface area (Å²) in [4.78, 5) is 74.5. The van der Waals surface area contributed by atoms with E-state index in [0.717, 1.165) is 4.43 Å². The van der Waals surface area contributed by atoms with Gasteiger partial charge in [0.15, 0.2) is 0 Å². The summed E-state index contributed by atoms with van der Waals surface area (Å²) in [6.45, 7) is 5.69. The number of ketones is 1. The Morgan fingerprint density at radius 3 is 2.17 bits per heavy atom. The Bertz CT molecular complexity index is 1050. The molecule has 2 atom stereocenters. The van der Waals surface area contributed by atoms with Crippen molar-refractivity contribution in [1.29, 1.82) is 0 Å². The number of alkyl halides is 2. The molecule has 0 radical (unpaired) electrons. The van der Waals surface area contributed by atoms with E-state index >= 15 is 0 Å². The average molecular weight is 704 g/mol. The molecule has 236 valence electrons. The van der Waals surface area contributed by atoms with Crippen LogP contribution in [-0.2, 0) is 30.5 Å². The molecule has 0 aliphatic heterocycles. The molecule has 1 aromatic rings. The zero-order valence-corrected chi connectivity index (χ0v) is 26.9. The molecule has 0 aromatic heterocycles. The standard InChI is InChI=1S/C28H44IN6O7/c1-18(2)24(35-23(37)13-14-29-4)26(39)34-22(8-6-15-31-27(30)40)25(38)33-21-11-9-20(10-12-21)17-42-28(41)32-16-5-7-19(3)36/h9-12,18,22,24H,5-8,13-17H2,1-4H3,(H,32,41)(H,33,38)(H,34,39)(H,35,37)(H3,30,31,40)/q-1/t22-,24-/m0/s1. The molecule has 6 amide bonds. The second kappa shape index (κ2) is 20.4. The van der Waals surface area contributed by atoms with Crippen molar-refractivity contribution in [2.45, 2.75) is 71.6 Å². The molecule has 7 N–H and O–H groups in total. The van der Waals surface area contributed by atoms with Gasteiger partial charge >= 0.3 is 172 Å². The maximum atomic E-state index is 13.2. The van der Waals surface area contributed by atoms with Gasteiger partial charge in [0.25, 0.3) is 0 Å². The first-order valence-corrected chi connectivity index (χ1v) is 17.5. The monoisotopic (exact) mass is 703 g/mol. The molecule has 0 aliphatic rings. The third-order valence-electron chi connectivity index (χ3n) is 5.94. The molecule has 0 bridgehead atoms. The summed E-state index contributed by atoms with van der Waals surface area (Å²) in [6.07, 6.45) is 1.27. The van der Waals surface area contributed by atoms with Crippen LogP contribution in [0.15, 0.2) is 24.3 Å². The molecule has 0 unspecified atom stereocenters. The number of benzene rings is 1. The van der Waals surface area contributed by atoms with E-state index in [1.54, 1.807) is 24.3 Å². The van der Waals surface area contributed by atoms with Crippen molar-refractivity contribution in [3.63, 3.8) is 0 Å². The number of halogens is 1. The van der Waals surface area contributed by atoms with Crippen molar-refractivity contribution < 1.29 is 54.7 Å². The number of rotatable bonds is 19. The minimum atomic E-state index is -0.943. The Hall–Kier alpha value is -3.43. The molecule has 1 aromatic carbocycles. The fourth-order valence-electron chi connectivity index (χ4n) is 3.65. The summed E-state index contributed by atoms with van der Waals surface area (Å²) in [5, 5.41) is 13.3. The van der Waals surface area contributed by atoms with Crippen LogP contribution in [0.1, 0.15) is 58.4 Å². The predicted octanol–water partition coefficient (Wildman–Crippen LogP) is -1.60. The number of Topliss-reactive ketones (excluding diaryl/α,β-unsaturated/α-hetero) is 1. The molecule has 0 spiro atoms. The summed E-state index contributed by atoms with van der Waals surface area (Å²) >= 11 is -0.0461. The molecule has 42 heavy (non-hydrogen) atoms. The summed E-state index contributed by atoms with van der Waals surface area (Å²) in [5.41, 5.74) is 6.27. The molecule has 0 fully saturated rings. The molecule has 0 saturated carbocycles. The Kier molecular flexibility index (Phi) is 17.8. The van der Waals surface area contributed by atoms with Crippen molar-refractivity contribution >= 4 is 41.3 Å². The van der Waals surface area contributed by atoms with Gasteiger partial charge in [0.1, 0.15) is 12.4 Å². The summed E-state index contributed by atoms with van der Waals surface area (Å²) in [6, 6.07) is 4.22. The van der Waals surface area contributed by atoms with E-state index < -0.39 is 36.0 Å². The average Bonchev–Trinajstić information content (AvgIpc) is 2.93. The van der Waals surface area contributed by atoms with Crippen molar-refractivity contribution in [3.05, 3.63) is 29.8 Å². The van der Waals surface area contributed by atoms with E-state index in [4.69, 9.17) is 10.5 Å². The fourth-order valence-corrected chi connectivity index (χ4v) is 4.68. The quantitative estimate of drug-likeness (QED) is 0.0567. The topological polar surface area (TPSA) is 198 Å². The zero-order chi connectivity index (χ0) is 31.5. The second-order valence-electron chi connectivity index (χ2n) is 9.98. The van der Waals surface area contributed by atoms with Crippen LogP contribution in [-0.4, -0.2) is 70.2 Å². The minimum absolute atomic E-state index is 0.0145. The van der Waals surface area contributed by atoms with Gasteiger partial charge in [-0.05, 0) is 18.9 Å². The maximum absolute atomic E-state index is 13.2. The number of carbonyl (C=O) groups is 6. The van der Waals surface area contributed by atoms with Gasteiger partial charge in [-0.15, -0.1) is 0 Å². The number of hydrogen-bond acceptors (Lipinski definition) is 7. The first-order valence-electron chi connectivity index (χ1n) is 13.8. The first kappa shape index (κ1) is 36.6. The number of urea groups is 1. The van der Waals surface area contributed by atoms with Crippen LogP contribution in [0.5, 0.6) is 0 Å². The number of amides is 6. The number of nitrogens with two attached hydrogens (primary N) is 1. The molecular formula is C28H44IN6O7-. The normalized spacial score (nSPS) is 12.1. The van der Waals surface area contributed by atoms with E-state index in [-0.39, 0.29) is 58.4 Å². The van der Waals surface area contributed by atoms with Gasteiger partial charge in [-0.2, -0.15) is 0 Å². The van der Waals surface area contributed by atoms with Gasteiger partial charge in [-0.25, -0.2) is 9.59 Å². The number of alkyl carbamates (subject to hydrolysis) is 1. The van der Waals surface area contributed by atoms with Crippen molar-refractivity contribution in [2.75, 3.05) is 27.8 Å². The Morgan fingerprint density at radius 2 is 1.57 bits per heavy atom. The third-order valence-corrected chi connectivity index (χ3v) is 7.56. The number of nitrogens with one attached hydrogen (secondary N) is 5. The zero-order valence-electron chi connectivity index (χ0n) is 24.7. The fraction of sp³-hybridized carbons (Fsp3) is 0.571. The third kappa shape index (κ3) is 16.1. The van der Waals surface area contributed by atoms with Crippen LogP contribution in [0.2, 0.25) is 0 Å². The van der Waals surface area contributed by atoms with Gasteiger partial charge in [0, 0.05) is 13.0 Å². The van der Waals surface area contributed by atoms with E-state index in [0.29, 0.717) is 43.5 Å². The molecule has 14 heteroatoms. The van der Waals surface area contributed by atoms with E-state index in [1.165, 1.54) is 6.92 Å². The molecule has 13 nitrogen and oxygen atoms in total. The number of ether oxygens (including phenoxy) is 1. The van der Waals surface area contributed by atoms with Gasteiger partial charge in [-0.1, -0.05) is 12.1 Å². The summed E-state index contributed by atoms with van der Waals surface area (Å²) in [5.74, 6) is -1.30. The second-order valence-corrected chi connectivity index (χ2v) is 12.6. The Morgan fingerprint density at radius 1 is 0.905 bits per heavy atom. The van der Waals surface area contributed by atoms with Gasteiger partial charge in [-0.3, -0.25) is 0 Å². The Labute approximate surface area is 257 Å². The number of anilines is 1. The van der Waals surface area contributed by atoms with Gasteiger partial charge in [0.05, 0.1) is 0 Å². The number of primary amides is 1. The van der Waals surface area contributed by atoms with Crippen LogP contribution in [0.25, 0.3) is 0 Å². The van der Waals surface area contributed by atoms with Crippen molar-refractivity contribution in [3.8, 4) is 0 Å². The van der Waals surface area contributed by atoms with Crippen LogP contribution >= 0.6 is 0 Å².